The maximum atomic E-state index is 12.4. The van der Waals surface area contributed by atoms with Crippen LogP contribution in [0.15, 0.2) is 18.3 Å². The summed E-state index contributed by atoms with van der Waals surface area (Å²) in [4.78, 5) is 16.6. The standard InChI is InChI=1S/C17H28N4O/c1-4-19-15-11-14(9-10-20-15)21-16(22)12-5-7-13(8-6-12)17(2,3)18/h9-13H,4-8,18H2,1-3H3,(H2,19,20,21,22). The Bertz CT molecular complexity index is 502. The molecule has 0 radical (unpaired) electrons. The summed E-state index contributed by atoms with van der Waals surface area (Å²) in [5.41, 5.74) is 6.84. The predicted octanol–water partition coefficient (Wildman–Crippen LogP) is 3.00. The van der Waals surface area contributed by atoms with Gasteiger partial charge < -0.3 is 16.4 Å². The number of aromatic nitrogens is 1. The van der Waals surface area contributed by atoms with Gasteiger partial charge in [0, 0.05) is 36.0 Å². The molecule has 0 atom stereocenters. The molecule has 1 heterocycles. The van der Waals surface area contributed by atoms with Gasteiger partial charge in [0.05, 0.1) is 0 Å². The van der Waals surface area contributed by atoms with E-state index in [1.54, 1.807) is 6.20 Å². The third-order valence-corrected chi connectivity index (χ3v) is 4.54. The molecule has 0 saturated heterocycles. The number of rotatable bonds is 5. The first-order valence-corrected chi connectivity index (χ1v) is 8.19. The molecule has 4 N–H and O–H groups in total. The van der Waals surface area contributed by atoms with Crippen molar-refractivity contribution in [1.29, 1.82) is 0 Å². The Morgan fingerprint density at radius 3 is 2.64 bits per heavy atom. The third-order valence-electron chi connectivity index (χ3n) is 4.54. The molecular formula is C17H28N4O. The highest BCUT2D eigenvalue weighted by Crippen LogP contribution is 2.34. The van der Waals surface area contributed by atoms with Gasteiger partial charge in [-0.05, 0) is 58.4 Å². The molecule has 1 fully saturated rings. The monoisotopic (exact) mass is 304 g/mol. The van der Waals surface area contributed by atoms with Crippen LogP contribution in [0.2, 0.25) is 0 Å². The molecular weight excluding hydrogens is 276 g/mol. The van der Waals surface area contributed by atoms with Crippen LogP contribution in [0.4, 0.5) is 11.5 Å². The molecule has 1 aromatic rings. The Labute approximate surface area is 133 Å². The highest BCUT2D eigenvalue weighted by Gasteiger charge is 2.32. The first kappa shape index (κ1) is 16.7. The predicted molar refractivity (Wildman–Crippen MR) is 90.7 cm³/mol. The average molecular weight is 304 g/mol. The van der Waals surface area contributed by atoms with E-state index in [1.807, 2.05) is 19.1 Å². The zero-order chi connectivity index (χ0) is 16.2. The van der Waals surface area contributed by atoms with E-state index in [0.717, 1.165) is 43.7 Å². The van der Waals surface area contributed by atoms with Crippen molar-refractivity contribution in [2.75, 3.05) is 17.2 Å². The highest BCUT2D eigenvalue weighted by atomic mass is 16.1. The normalized spacial score (nSPS) is 22.2. The second kappa shape index (κ2) is 7.09. The van der Waals surface area contributed by atoms with Crippen LogP contribution in [0.3, 0.4) is 0 Å². The van der Waals surface area contributed by atoms with E-state index >= 15 is 0 Å². The van der Waals surface area contributed by atoms with Crippen LogP contribution in [0.5, 0.6) is 0 Å². The molecule has 0 aromatic carbocycles. The minimum Gasteiger partial charge on any atom is -0.370 e. The van der Waals surface area contributed by atoms with Crippen LogP contribution in [0, 0.1) is 11.8 Å². The lowest BCUT2D eigenvalue weighted by atomic mass is 9.73. The van der Waals surface area contributed by atoms with Crippen molar-refractivity contribution in [2.24, 2.45) is 17.6 Å². The first-order chi connectivity index (χ1) is 10.4. The molecule has 0 aliphatic heterocycles. The van der Waals surface area contributed by atoms with E-state index in [4.69, 9.17) is 5.73 Å². The number of nitrogens with zero attached hydrogens (tertiary/aromatic N) is 1. The number of carbonyl (C=O) groups is 1. The largest absolute Gasteiger partial charge is 0.370 e. The number of hydrogen-bond acceptors (Lipinski definition) is 4. The number of anilines is 2. The van der Waals surface area contributed by atoms with Gasteiger partial charge in [-0.15, -0.1) is 0 Å². The smallest absolute Gasteiger partial charge is 0.227 e. The van der Waals surface area contributed by atoms with Crippen LogP contribution in [0.1, 0.15) is 46.5 Å². The van der Waals surface area contributed by atoms with Gasteiger partial charge in [0.2, 0.25) is 5.91 Å². The van der Waals surface area contributed by atoms with E-state index < -0.39 is 0 Å². The van der Waals surface area contributed by atoms with E-state index in [-0.39, 0.29) is 17.4 Å². The first-order valence-electron chi connectivity index (χ1n) is 8.19. The van der Waals surface area contributed by atoms with Crippen molar-refractivity contribution in [3.63, 3.8) is 0 Å². The van der Waals surface area contributed by atoms with Crippen molar-refractivity contribution in [3.05, 3.63) is 18.3 Å². The van der Waals surface area contributed by atoms with Crippen LogP contribution >= 0.6 is 0 Å². The molecule has 5 nitrogen and oxygen atoms in total. The lowest BCUT2D eigenvalue weighted by Gasteiger charge is -2.36. The zero-order valence-electron chi connectivity index (χ0n) is 13.9. The zero-order valence-corrected chi connectivity index (χ0v) is 13.9. The van der Waals surface area contributed by atoms with E-state index in [9.17, 15) is 4.79 Å². The van der Waals surface area contributed by atoms with E-state index in [2.05, 4.69) is 29.5 Å². The van der Waals surface area contributed by atoms with Crippen LogP contribution < -0.4 is 16.4 Å². The summed E-state index contributed by atoms with van der Waals surface area (Å²) in [6.45, 7) is 6.99. The number of carbonyl (C=O) groups excluding carboxylic acids is 1. The number of hydrogen-bond donors (Lipinski definition) is 3. The van der Waals surface area contributed by atoms with Gasteiger partial charge in [0.25, 0.3) is 0 Å². The molecule has 1 amide bonds. The fourth-order valence-electron chi connectivity index (χ4n) is 3.13. The average Bonchev–Trinajstić information content (AvgIpc) is 2.47. The van der Waals surface area contributed by atoms with Gasteiger partial charge in [0.15, 0.2) is 0 Å². The highest BCUT2D eigenvalue weighted by molar-refractivity contribution is 5.92. The number of amides is 1. The SMILES string of the molecule is CCNc1cc(NC(=O)C2CCC(C(C)(C)N)CC2)ccn1. The van der Waals surface area contributed by atoms with Gasteiger partial charge >= 0.3 is 0 Å². The van der Waals surface area contributed by atoms with Gasteiger partial charge in [-0.2, -0.15) is 0 Å². The number of pyridine rings is 1. The second-order valence-electron chi connectivity index (χ2n) is 6.82. The van der Waals surface area contributed by atoms with Crippen LogP contribution in [-0.2, 0) is 4.79 Å². The molecule has 0 bridgehead atoms. The summed E-state index contributed by atoms with van der Waals surface area (Å²) < 4.78 is 0. The maximum Gasteiger partial charge on any atom is 0.227 e. The lowest BCUT2D eigenvalue weighted by molar-refractivity contribution is -0.121. The third kappa shape index (κ3) is 4.44. The quantitative estimate of drug-likeness (QED) is 0.781. The minimum atomic E-state index is -0.146. The minimum absolute atomic E-state index is 0.0920. The van der Waals surface area contributed by atoms with Crippen LogP contribution in [0.25, 0.3) is 0 Å². The Balaban J connectivity index is 1.89. The summed E-state index contributed by atoms with van der Waals surface area (Å²) in [5, 5.41) is 6.16. The summed E-state index contributed by atoms with van der Waals surface area (Å²) in [5.74, 6) is 1.50. The lowest BCUT2D eigenvalue weighted by Crippen LogP contribution is -2.43. The molecule has 22 heavy (non-hydrogen) atoms. The molecule has 0 unspecified atom stereocenters. The van der Waals surface area contributed by atoms with Crippen molar-refractivity contribution < 1.29 is 4.79 Å². The molecule has 1 saturated carbocycles. The Morgan fingerprint density at radius 2 is 2.05 bits per heavy atom. The van der Waals surface area contributed by atoms with Crippen molar-refractivity contribution in [1.82, 2.24) is 4.98 Å². The molecule has 0 spiro atoms. The fourth-order valence-corrected chi connectivity index (χ4v) is 3.13. The van der Waals surface area contributed by atoms with Crippen molar-refractivity contribution in [2.45, 2.75) is 52.0 Å². The van der Waals surface area contributed by atoms with E-state index in [1.165, 1.54) is 0 Å². The second-order valence-corrected chi connectivity index (χ2v) is 6.82. The van der Waals surface area contributed by atoms with Crippen molar-refractivity contribution >= 4 is 17.4 Å². The maximum absolute atomic E-state index is 12.4. The topological polar surface area (TPSA) is 80.0 Å². The van der Waals surface area contributed by atoms with Crippen molar-refractivity contribution in [3.8, 4) is 0 Å². The van der Waals surface area contributed by atoms with E-state index in [0.29, 0.717) is 5.92 Å². The van der Waals surface area contributed by atoms with Gasteiger partial charge in [-0.3, -0.25) is 4.79 Å². The molecule has 1 aliphatic carbocycles. The summed E-state index contributed by atoms with van der Waals surface area (Å²) >= 11 is 0. The van der Waals surface area contributed by atoms with Gasteiger partial charge in [0.1, 0.15) is 5.82 Å². The summed E-state index contributed by atoms with van der Waals surface area (Å²) in [7, 11) is 0. The summed E-state index contributed by atoms with van der Waals surface area (Å²) in [6, 6.07) is 3.70. The Kier molecular flexibility index (Phi) is 5.40. The number of nitrogens with two attached hydrogens (primary N) is 1. The molecule has 5 heteroatoms. The van der Waals surface area contributed by atoms with Gasteiger partial charge in [-0.25, -0.2) is 4.98 Å². The molecule has 1 aliphatic rings. The number of nitrogens with one attached hydrogen (secondary N) is 2. The Hall–Kier alpha value is -1.62. The molecule has 122 valence electrons. The molecule has 1 aromatic heterocycles. The summed E-state index contributed by atoms with van der Waals surface area (Å²) in [6.07, 6.45) is 5.60. The fraction of sp³-hybridized carbons (Fsp3) is 0.647. The Morgan fingerprint density at radius 1 is 1.36 bits per heavy atom. The molecule has 2 rings (SSSR count). The van der Waals surface area contributed by atoms with Gasteiger partial charge in [-0.1, -0.05) is 0 Å². The van der Waals surface area contributed by atoms with Crippen LogP contribution in [-0.4, -0.2) is 23.0 Å².